The third kappa shape index (κ3) is 7.10. The van der Waals surface area contributed by atoms with Gasteiger partial charge in [-0.25, -0.2) is 4.79 Å². The van der Waals surface area contributed by atoms with Crippen molar-refractivity contribution in [2.75, 3.05) is 19.8 Å². The normalized spacial score (nSPS) is 10.9. The molecule has 7 heteroatoms. The molecule has 4 aromatic rings. The molecular weight excluding hydrogens is 592 g/mol. The van der Waals surface area contributed by atoms with Crippen LogP contribution >= 0.6 is 27.5 Å². The molecule has 0 unspecified atom stereocenters. The molecule has 40 heavy (non-hydrogen) atoms. The van der Waals surface area contributed by atoms with E-state index in [1.54, 1.807) is 30.3 Å². The number of hydrogen-bond acceptors (Lipinski definition) is 5. The first-order valence-corrected chi connectivity index (χ1v) is 14.9. The van der Waals surface area contributed by atoms with Gasteiger partial charge in [0.15, 0.2) is 11.5 Å². The Hall–Kier alpha value is -3.22. The van der Waals surface area contributed by atoms with E-state index in [9.17, 15) is 4.79 Å². The van der Waals surface area contributed by atoms with E-state index < -0.39 is 5.97 Å². The smallest absolute Gasteiger partial charge is 0.343 e. The molecule has 0 saturated heterocycles. The number of benzene rings is 4. The van der Waals surface area contributed by atoms with Gasteiger partial charge in [0.05, 0.1) is 25.4 Å². The Morgan fingerprint density at radius 2 is 1.45 bits per heavy atom. The molecule has 0 spiro atoms. The Labute approximate surface area is 249 Å². The standard InChI is InChI=1S/C33H34BrClO5/c1-4-11-22-12-7-8-13-23(22)15-10-19-39-29-27-18-17-26(35)21-28(27)30(32(38-6-3)31(29)37-5-2)40-33(36)24-14-9-16-25(34)20-24/h7-9,12-14,16-18,20-21H,4-6,10-11,15,19H2,1-3H3. The highest BCUT2D eigenvalue weighted by atomic mass is 79.9. The average molecular weight is 626 g/mol. The number of esters is 1. The van der Waals surface area contributed by atoms with Crippen molar-refractivity contribution in [2.45, 2.75) is 46.5 Å². The second kappa shape index (κ2) is 14.4. The third-order valence-electron chi connectivity index (χ3n) is 6.40. The minimum absolute atomic E-state index is 0.244. The van der Waals surface area contributed by atoms with E-state index in [0.717, 1.165) is 35.5 Å². The van der Waals surface area contributed by atoms with Gasteiger partial charge >= 0.3 is 5.97 Å². The molecule has 0 aromatic heterocycles. The van der Waals surface area contributed by atoms with Gasteiger partial charge in [-0.15, -0.1) is 0 Å². The molecule has 5 nitrogen and oxygen atoms in total. The topological polar surface area (TPSA) is 54.0 Å². The van der Waals surface area contributed by atoms with Gasteiger partial charge in [0, 0.05) is 20.3 Å². The van der Waals surface area contributed by atoms with Crippen LogP contribution in [0.2, 0.25) is 5.02 Å². The second-order valence-corrected chi connectivity index (χ2v) is 10.6. The zero-order valence-electron chi connectivity index (χ0n) is 23.1. The average Bonchev–Trinajstić information content (AvgIpc) is 2.95. The van der Waals surface area contributed by atoms with Crippen molar-refractivity contribution in [3.8, 4) is 23.0 Å². The van der Waals surface area contributed by atoms with Gasteiger partial charge in [-0.2, -0.15) is 0 Å². The van der Waals surface area contributed by atoms with E-state index in [-0.39, 0.29) is 5.75 Å². The summed E-state index contributed by atoms with van der Waals surface area (Å²) in [5, 5.41) is 1.82. The summed E-state index contributed by atoms with van der Waals surface area (Å²) in [4.78, 5) is 13.2. The lowest BCUT2D eigenvalue weighted by atomic mass is 10.00. The number of fused-ring (bicyclic) bond motifs is 1. The fourth-order valence-corrected chi connectivity index (χ4v) is 5.24. The number of halogens is 2. The highest BCUT2D eigenvalue weighted by Crippen LogP contribution is 2.52. The van der Waals surface area contributed by atoms with E-state index in [4.69, 9.17) is 30.5 Å². The summed E-state index contributed by atoms with van der Waals surface area (Å²) in [6, 6.07) is 21.0. The Bertz CT molecular complexity index is 1470. The van der Waals surface area contributed by atoms with Crippen LogP contribution in [0.15, 0.2) is 71.2 Å². The Kier molecular flexibility index (Phi) is 10.7. The SMILES string of the molecule is CCCc1ccccc1CCCOc1c(OCC)c(OCC)c(OC(=O)c2cccc(Br)c2)c2cc(Cl)ccc12. The first-order valence-electron chi connectivity index (χ1n) is 13.7. The second-order valence-electron chi connectivity index (χ2n) is 9.24. The van der Waals surface area contributed by atoms with Crippen molar-refractivity contribution in [1.82, 2.24) is 0 Å². The number of hydrogen-bond donors (Lipinski definition) is 0. The number of aryl methyl sites for hydroxylation is 2. The molecule has 0 aliphatic heterocycles. The minimum Gasteiger partial charge on any atom is -0.489 e. The molecule has 0 aliphatic carbocycles. The number of rotatable bonds is 13. The van der Waals surface area contributed by atoms with Gasteiger partial charge in [-0.3, -0.25) is 0 Å². The van der Waals surface area contributed by atoms with Crippen LogP contribution in [0.5, 0.6) is 23.0 Å². The molecule has 4 rings (SSSR count). The molecule has 0 heterocycles. The first kappa shape index (κ1) is 29.8. The van der Waals surface area contributed by atoms with Gasteiger partial charge in [0.1, 0.15) is 0 Å². The molecule has 0 fully saturated rings. The molecule has 4 aromatic carbocycles. The van der Waals surface area contributed by atoms with Crippen LogP contribution in [0.4, 0.5) is 0 Å². The molecule has 0 radical (unpaired) electrons. The number of carbonyl (C=O) groups is 1. The molecule has 210 valence electrons. The maximum Gasteiger partial charge on any atom is 0.343 e. The van der Waals surface area contributed by atoms with E-state index >= 15 is 0 Å². The van der Waals surface area contributed by atoms with Crippen molar-refractivity contribution in [3.63, 3.8) is 0 Å². The highest BCUT2D eigenvalue weighted by Gasteiger charge is 2.27. The monoisotopic (exact) mass is 624 g/mol. The fourth-order valence-electron chi connectivity index (χ4n) is 4.67. The van der Waals surface area contributed by atoms with Gasteiger partial charge in [0.25, 0.3) is 0 Å². The number of carbonyl (C=O) groups excluding carboxylic acids is 1. The fraction of sp³-hybridized carbons (Fsp3) is 0.303. The predicted molar refractivity (Wildman–Crippen MR) is 165 cm³/mol. The lowest BCUT2D eigenvalue weighted by Crippen LogP contribution is -2.12. The highest BCUT2D eigenvalue weighted by molar-refractivity contribution is 9.10. The van der Waals surface area contributed by atoms with E-state index in [1.165, 1.54) is 11.1 Å². The van der Waals surface area contributed by atoms with Crippen LogP contribution in [0.3, 0.4) is 0 Å². The third-order valence-corrected chi connectivity index (χ3v) is 7.12. The summed E-state index contributed by atoms with van der Waals surface area (Å²) in [6.45, 7) is 7.14. The lowest BCUT2D eigenvalue weighted by Gasteiger charge is -2.22. The molecule has 0 saturated carbocycles. The molecule has 0 aliphatic rings. The summed E-state index contributed by atoms with van der Waals surface area (Å²) < 4.78 is 25.3. The van der Waals surface area contributed by atoms with Gasteiger partial charge in [-0.05, 0) is 80.6 Å². The van der Waals surface area contributed by atoms with Crippen molar-refractivity contribution < 1.29 is 23.7 Å². The van der Waals surface area contributed by atoms with Crippen molar-refractivity contribution >= 4 is 44.3 Å². The van der Waals surface area contributed by atoms with Gasteiger partial charge in [-0.1, -0.05) is 71.2 Å². The summed E-state index contributed by atoms with van der Waals surface area (Å²) in [7, 11) is 0. The largest absolute Gasteiger partial charge is 0.489 e. The summed E-state index contributed by atoms with van der Waals surface area (Å²) >= 11 is 9.84. The first-order chi connectivity index (χ1) is 19.5. The zero-order chi connectivity index (χ0) is 28.5. The number of ether oxygens (including phenoxy) is 4. The van der Waals surface area contributed by atoms with Crippen LogP contribution in [0.25, 0.3) is 10.8 Å². The quantitative estimate of drug-likeness (QED) is 0.0842. The van der Waals surface area contributed by atoms with E-state index in [0.29, 0.717) is 53.0 Å². The van der Waals surface area contributed by atoms with E-state index in [2.05, 4.69) is 47.1 Å². The zero-order valence-corrected chi connectivity index (χ0v) is 25.4. The Morgan fingerprint density at radius 3 is 2.12 bits per heavy atom. The van der Waals surface area contributed by atoms with Crippen molar-refractivity contribution in [1.29, 1.82) is 0 Å². The predicted octanol–water partition coefficient (Wildman–Crippen LogP) is 9.24. The minimum atomic E-state index is -0.523. The molecule has 0 atom stereocenters. The molecular formula is C33H34BrClO5. The Balaban J connectivity index is 1.71. The van der Waals surface area contributed by atoms with E-state index in [1.807, 2.05) is 26.0 Å². The molecule has 0 amide bonds. The van der Waals surface area contributed by atoms with Crippen LogP contribution in [-0.2, 0) is 12.8 Å². The Morgan fingerprint density at radius 1 is 0.750 bits per heavy atom. The summed E-state index contributed by atoms with van der Waals surface area (Å²) in [5.74, 6) is 0.980. The maximum absolute atomic E-state index is 13.2. The van der Waals surface area contributed by atoms with Crippen LogP contribution < -0.4 is 18.9 Å². The van der Waals surface area contributed by atoms with Crippen LogP contribution in [-0.4, -0.2) is 25.8 Å². The molecule has 0 bridgehead atoms. The van der Waals surface area contributed by atoms with Gasteiger partial charge in [0.2, 0.25) is 11.5 Å². The maximum atomic E-state index is 13.2. The molecule has 0 N–H and O–H groups in total. The van der Waals surface area contributed by atoms with Gasteiger partial charge < -0.3 is 18.9 Å². The van der Waals surface area contributed by atoms with Crippen LogP contribution in [0, 0.1) is 0 Å². The summed E-state index contributed by atoms with van der Waals surface area (Å²) in [6.07, 6.45) is 3.91. The summed E-state index contributed by atoms with van der Waals surface area (Å²) in [5.41, 5.74) is 3.13. The van der Waals surface area contributed by atoms with Crippen LogP contribution in [0.1, 0.15) is 55.1 Å². The van der Waals surface area contributed by atoms with Crippen molar-refractivity contribution in [3.05, 3.63) is 92.9 Å². The van der Waals surface area contributed by atoms with Crippen molar-refractivity contribution in [2.24, 2.45) is 0 Å². The lowest BCUT2D eigenvalue weighted by molar-refractivity contribution is 0.0729.